The highest BCUT2D eigenvalue weighted by Crippen LogP contribution is 2.18. The molecule has 0 bridgehead atoms. The van der Waals surface area contributed by atoms with Crippen molar-refractivity contribution in [1.29, 1.82) is 0 Å². The van der Waals surface area contributed by atoms with Crippen LogP contribution in [0, 0.1) is 10.8 Å². The van der Waals surface area contributed by atoms with E-state index in [0.717, 1.165) is 26.2 Å². The third-order valence-corrected chi connectivity index (χ3v) is 3.71. The average molecular weight is 284 g/mol. The molecule has 0 aliphatic carbocycles. The highest BCUT2D eigenvalue weighted by atomic mass is 16.5. The molecule has 0 aromatic heterocycles. The first-order chi connectivity index (χ1) is 9.16. The van der Waals surface area contributed by atoms with E-state index in [9.17, 15) is 0 Å². The van der Waals surface area contributed by atoms with Gasteiger partial charge in [0.1, 0.15) is 0 Å². The second-order valence-corrected chi connectivity index (χ2v) is 8.60. The molecule has 0 aromatic rings. The van der Waals surface area contributed by atoms with Gasteiger partial charge >= 0.3 is 0 Å². The molecule has 0 amide bonds. The van der Waals surface area contributed by atoms with Crippen molar-refractivity contribution in [3.8, 4) is 0 Å². The summed E-state index contributed by atoms with van der Waals surface area (Å²) in [5.74, 6) is 0. The fourth-order valence-corrected chi connectivity index (χ4v) is 2.52. The summed E-state index contributed by atoms with van der Waals surface area (Å²) in [4.78, 5) is 5.13. The molecule has 3 heteroatoms. The summed E-state index contributed by atoms with van der Waals surface area (Å²) in [5, 5.41) is 0. The van der Waals surface area contributed by atoms with Crippen LogP contribution in [-0.4, -0.2) is 62.3 Å². The summed E-state index contributed by atoms with van der Waals surface area (Å²) in [6.07, 6.45) is 1.15. The van der Waals surface area contributed by atoms with E-state index in [-0.39, 0.29) is 0 Å². The highest BCUT2D eigenvalue weighted by molar-refractivity contribution is 4.76. The van der Waals surface area contributed by atoms with Crippen molar-refractivity contribution in [2.24, 2.45) is 10.8 Å². The third-order valence-electron chi connectivity index (χ3n) is 3.71. The maximum absolute atomic E-state index is 5.76. The van der Waals surface area contributed by atoms with Crippen LogP contribution in [0.2, 0.25) is 0 Å². The smallest absolute Gasteiger partial charge is 0.0593 e. The molecule has 0 unspecified atom stereocenters. The molecule has 1 fully saturated rings. The van der Waals surface area contributed by atoms with Crippen LogP contribution < -0.4 is 0 Å². The second-order valence-electron chi connectivity index (χ2n) is 8.60. The molecule has 0 atom stereocenters. The van der Waals surface area contributed by atoms with E-state index in [1.165, 1.54) is 32.7 Å². The fourth-order valence-electron chi connectivity index (χ4n) is 2.52. The molecule has 0 radical (unpaired) electrons. The van der Waals surface area contributed by atoms with Crippen LogP contribution in [0.1, 0.15) is 48.0 Å². The Morgan fingerprint density at radius 1 is 0.750 bits per heavy atom. The van der Waals surface area contributed by atoms with Crippen molar-refractivity contribution >= 4 is 0 Å². The minimum absolute atomic E-state index is 0.387. The molecule has 1 aliphatic heterocycles. The van der Waals surface area contributed by atoms with Gasteiger partial charge in [-0.1, -0.05) is 41.5 Å². The molecule has 0 spiro atoms. The molecule has 0 aromatic carbocycles. The van der Waals surface area contributed by atoms with Gasteiger partial charge in [0.2, 0.25) is 0 Å². The monoisotopic (exact) mass is 284 g/mol. The van der Waals surface area contributed by atoms with Crippen molar-refractivity contribution < 1.29 is 4.74 Å². The summed E-state index contributed by atoms with van der Waals surface area (Å²) < 4.78 is 5.76. The zero-order valence-corrected chi connectivity index (χ0v) is 14.7. The molecule has 20 heavy (non-hydrogen) atoms. The Morgan fingerprint density at radius 3 is 1.80 bits per heavy atom. The largest absolute Gasteiger partial charge is 0.380 e. The van der Waals surface area contributed by atoms with Crippen LogP contribution in [0.5, 0.6) is 0 Å². The highest BCUT2D eigenvalue weighted by Gasteiger charge is 2.21. The molecular formula is C17H36N2O. The molecule has 0 saturated carbocycles. The lowest BCUT2D eigenvalue weighted by atomic mass is 9.93. The number of piperazine rings is 1. The van der Waals surface area contributed by atoms with Crippen LogP contribution in [0.4, 0.5) is 0 Å². The summed E-state index contributed by atoms with van der Waals surface area (Å²) in [6, 6.07) is 0. The van der Waals surface area contributed by atoms with Gasteiger partial charge in [-0.05, 0) is 17.3 Å². The van der Waals surface area contributed by atoms with Crippen LogP contribution in [0.15, 0.2) is 0 Å². The van der Waals surface area contributed by atoms with E-state index in [0.29, 0.717) is 10.8 Å². The van der Waals surface area contributed by atoms with Crippen LogP contribution in [-0.2, 0) is 4.74 Å². The zero-order valence-electron chi connectivity index (χ0n) is 14.7. The molecule has 0 N–H and O–H groups in total. The SMILES string of the molecule is CC(C)(C)CCOCCN1CCN(CC(C)(C)C)CC1. The van der Waals surface area contributed by atoms with Crippen LogP contribution >= 0.6 is 0 Å². The van der Waals surface area contributed by atoms with E-state index >= 15 is 0 Å². The minimum Gasteiger partial charge on any atom is -0.380 e. The normalized spacial score (nSPS) is 19.5. The quantitative estimate of drug-likeness (QED) is 0.697. The molecule has 1 heterocycles. The maximum Gasteiger partial charge on any atom is 0.0593 e. The van der Waals surface area contributed by atoms with E-state index in [1.807, 2.05) is 0 Å². The lowest BCUT2D eigenvalue weighted by molar-refractivity contribution is 0.0572. The first kappa shape index (κ1) is 17.9. The Kier molecular flexibility index (Phi) is 6.96. The molecule has 1 saturated heterocycles. The second kappa shape index (κ2) is 7.77. The van der Waals surface area contributed by atoms with Gasteiger partial charge in [0, 0.05) is 45.9 Å². The fraction of sp³-hybridized carbons (Fsp3) is 1.00. The van der Waals surface area contributed by atoms with Gasteiger partial charge in [0.15, 0.2) is 0 Å². The Morgan fingerprint density at radius 2 is 1.30 bits per heavy atom. The first-order valence-electron chi connectivity index (χ1n) is 8.18. The van der Waals surface area contributed by atoms with E-state index in [2.05, 4.69) is 51.3 Å². The molecule has 3 nitrogen and oxygen atoms in total. The van der Waals surface area contributed by atoms with Gasteiger partial charge in [-0.15, -0.1) is 0 Å². The van der Waals surface area contributed by atoms with Gasteiger partial charge in [0.25, 0.3) is 0 Å². The lowest BCUT2D eigenvalue weighted by Crippen LogP contribution is -2.49. The Labute approximate surface area is 126 Å². The van der Waals surface area contributed by atoms with Crippen molar-refractivity contribution in [2.45, 2.75) is 48.0 Å². The van der Waals surface area contributed by atoms with Crippen LogP contribution in [0.3, 0.4) is 0 Å². The first-order valence-corrected chi connectivity index (χ1v) is 8.18. The topological polar surface area (TPSA) is 15.7 Å². The standard InChI is InChI=1S/C17H36N2O/c1-16(2,3)7-13-20-14-12-18-8-10-19(11-9-18)15-17(4,5)6/h7-15H2,1-6H3. The van der Waals surface area contributed by atoms with E-state index in [1.54, 1.807) is 0 Å². The summed E-state index contributed by atoms with van der Waals surface area (Å²) in [5.41, 5.74) is 0.802. The Balaban J connectivity index is 2.05. The van der Waals surface area contributed by atoms with Gasteiger partial charge in [0.05, 0.1) is 6.61 Å². The summed E-state index contributed by atoms with van der Waals surface area (Å²) in [7, 11) is 0. The summed E-state index contributed by atoms with van der Waals surface area (Å²) >= 11 is 0. The molecular weight excluding hydrogens is 248 g/mol. The Hall–Kier alpha value is -0.120. The van der Waals surface area contributed by atoms with Gasteiger partial charge in [-0.3, -0.25) is 4.90 Å². The molecule has 120 valence electrons. The number of rotatable bonds is 6. The molecule has 1 aliphatic rings. The van der Waals surface area contributed by atoms with Crippen molar-refractivity contribution in [1.82, 2.24) is 9.80 Å². The van der Waals surface area contributed by atoms with Gasteiger partial charge in [-0.2, -0.15) is 0 Å². The molecule has 1 rings (SSSR count). The number of nitrogens with zero attached hydrogens (tertiary/aromatic N) is 2. The maximum atomic E-state index is 5.76. The van der Waals surface area contributed by atoms with E-state index < -0.39 is 0 Å². The van der Waals surface area contributed by atoms with Crippen molar-refractivity contribution in [2.75, 3.05) is 52.5 Å². The lowest BCUT2D eigenvalue weighted by Gasteiger charge is -2.37. The van der Waals surface area contributed by atoms with Crippen molar-refractivity contribution in [3.05, 3.63) is 0 Å². The van der Waals surface area contributed by atoms with E-state index in [4.69, 9.17) is 4.74 Å². The average Bonchev–Trinajstić information content (AvgIpc) is 2.27. The predicted molar refractivity (Wildman–Crippen MR) is 87.2 cm³/mol. The minimum atomic E-state index is 0.387. The number of ether oxygens (including phenoxy) is 1. The van der Waals surface area contributed by atoms with Gasteiger partial charge < -0.3 is 9.64 Å². The summed E-state index contributed by atoms with van der Waals surface area (Å²) in [6.45, 7) is 22.7. The van der Waals surface area contributed by atoms with Gasteiger partial charge in [-0.25, -0.2) is 0 Å². The van der Waals surface area contributed by atoms with Crippen LogP contribution in [0.25, 0.3) is 0 Å². The third kappa shape index (κ3) is 8.93. The number of hydrogen-bond donors (Lipinski definition) is 0. The van der Waals surface area contributed by atoms with Crippen molar-refractivity contribution in [3.63, 3.8) is 0 Å². The Bertz CT molecular complexity index is 257. The predicted octanol–water partition coefficient (Wildman–Crippen LogP) is 3.10. The zero-order chi connectivity index (χ0) is 15.2. The number of hydrogen-bond acceptors (Lipinski definition) is 3.